The zero-order valence-electron chi connectivity index (χ0n) is 18.1. The van der Waals surface area contributed by atoms with Crippen LogP contribution in [0.1, 0.15) is 34.0 Å². The number of carbonyl (C=O) groups is 3. The molecule has 4 N–H and O–H groups in total. The second kappa shape index (κ2) is 10.1. The van der Waals surface area contributed by atoms with Crippen LogP contribution in [0.25, 0.3) is 11.1 Å². The van der Waals surface area contributed by atoms with Crippen molar-refractivity contribution in [2.75, 3.05) is 18.5 Å². The lowest BCUT2D eigenvalue weighted by Gasteiger charge is -2.15. The Morgan fingerprint density at radius 2 is 1.62 bits per heavy atom. The summed E-state index contributed by atoms with van der Waals surface area (Å²) in [5.41, 5.74) is 4.77. The van der Waals surface area contributed by atoms with Crippen LogP contribution in [0.4, 0.5) is 10.5 Å². The van der Waals surface area contributed by atoms with Crippen molar-refractivity contribution in [1.82, 2.24) is 10.3 Å². The molecule has 0 saturated carbocycles. The summed E-state index contributed by atoms with van der Waals surface area (Å²) < 4.78 is 5.48. The predicted molar refractivity (Wildman–Crippen MR) is 124 cm³/mol. The minimum atomic E-state index is -1.25. The van der Waals surface area contributed by atoms with Gasteiger partial charge in [-0.2, -0.15) is 0 Å². The van der Waals surface area contributed by atoms with Crippen LogP contribution >= 0.6 is 0 Å². The first-order valence-corrected chi connectivity index (χ1v) is 10.7. The highest BCUT2D eigenvalue weighted by molar-refractivity contribution is 5.95. The van der Waals surface area contributed by atoms with Crippen LogP contribution in [-0.4, -0.2) is 52.4 Å². The molecular formula is C25H23N3O6. The number of aliphatic carboxylic acids is 1. The van der Waals surface area contributed by atoms with Gasteiger partial charge < -0.3 is 20.3 Å². The Kier molecular flexibility index (Phi) is 6.84. The molecule has 0 unspecified atom stereocenters. The number of aliphatic hydroxyl groups excluding tert-OH is 1. The van der Waals surface area contributed by atoms with E-state index < -0.39 is 24.0 Å². The van der Waals surface area contributed by atoms with Gasteiger partial charge in [-0.05, 0) is 34.4 Å². The lowest BCUT2D eigenvalue weighted by atomic mass is 9.98. The number of carboxylic acids is 1. The average molecular weight is 461 g/mol. The van der Waals surface area contributed by atoms with E-state index in [0.717, 1.165) is 22.3 Å². The van der Waals surface area contributed by atoms with Gasteiger partial charge in [0, 0.05) is 18.9 Å². The Morgan fingerprint density at radius 1 is 0.971 bits per heavy atom. The standard InChI is InChI=1S/C25H23N3O6/c29-12-11-22(24(31)32)28-23(30)21-10-9-15(13-26-21)27-25(33)34-14-20-18-7-3-1-5-16(18)17-6-2-4-8-19(17)20/h1-10,13,20,22,29H,11-12,14H2,(H,27,33)(H,28,30)(H,31,32)/t22-/m0/s1. The number of hydrogen-bond donors (Lipinski definition) is 4. The molecule has 4 rings (SSSR count). The Hall–Kier alpha value is -4.24. The number of carboxylic acid groups (broad SMARTS) is 1. The number of aliphatic hydroxyl groups is 1. The van der Waals surface area contributed by atoms with Crippen LogP contribution in [0.3, 0.4) is 0 Å². The molecule has 0 bridgehead atoms. The van der Waals surface area contributed by atoms with Crippen LogP contribution in [0.5, 0.6) is 0 Å². The number of amides is 2. The third-order valence-corrected chi connectivity index (χ3v) is 5.61. The van der Waals surface area contributed by atoms with Gasteiger partial charge in [0.15, 0.2) is 0 Å². The Morgan fingerprint density at radius 3 is 2.18 bits per heavy atom. The van der Waals surface area contributed by atoms with Gasteiger partial charge in [-0.15, -0.1) is 0 Å². The smallest absolute Gasteiger partial charge is 0.411 e. The van der Waals surface area contributed by atoms with E-state index in [1.807, 2.05) is 36.4 Å². The van der Waals surface area contributed by atoms with E-state index >= 15 is 0 Å². The number of rotatable bonds is 8. The minimum absolute atomic E-state index is 0.0257. The van der Waals surface area contributed by atoms with Gasteiger partial charge in [0.2, 0.25) is 0 Å². The van der Waals surface area contributed by atoms with Crippen LogP contribution in [0.15, 0.2) is 66.9 Å². The summed E-state index contributed by atoms with van der Waals surface area (Å²) in [6, 6.07) is 17.7. The quantitative estimate of drug-likeness (QED) is 0.405. The highest BCUT2D eigenvalue weighted by Crippen LogP contribution is 2.44. The third kappa shape index (κ3) is 4.89. The summed E-state index contributed by atoms with van der Waals surface area (Å²) in [5.74, 6) is -2.02. The molecule has 0 saturated heterocycles. The Bertz CT molecular complexity index is 1170. The van der Waals surface area contributed by atoms with Gasteiger partial charge in [-0.3, -0.25) is 10.1 Å². The molecule has 0 spiro atoms. The van der Waals surface area contributed by atoms with E-state index in [-0.39, 0.29) is 31.2 Å². The number of aromatic nitrogens is 1. The number of benzene rings is 2. The van der Waals surface area contributed by atoms with Crippen LogP contribution in [-0.2, 0) is 9.53 Å². The molecule has 1 atom stereocenters. The maximum Gasteiger partial charge on any atom is 0.411 e. The number of pyridine rings is 1. The Balaban J connectivity index is 1.35. The molecule has 174 valence electrons. The van der Waals surface area contributed by atoms with E-state index in [9.17, 15) is 14.4 Å². The van der Waals surface area contributed by atoms with Crippen molar-refractivity contribution in [2.45, 2.75) is 18.4 Å². The van der Waals surface area contributed by atoms with Gasteiger partial charge >= 0.3 is 12.1 Å². The summed E-state index contributed by atoms with van der Waals surface area (Å²) in [5, 5.41) is 22.9. The van der Waals surface area contributed by atoms with E-state index in [1.54, 1.807) is 0 Å². The zero-order valence-corrected chi connectivity index (χ0v) is 18.1. The molecule has 0 aliphatic heterocycles. The van der Waals surface area contributed by atoms with Crippen molar-refractivity contribution < 1.29 is 29.3 Å². The predicted octanol–water partition coefficient (Wildman–Crippen LogP) is 3.01. The molecule has 1 aliphatic carbocycles. The van der Waals surface area contributed by atoms with Crippen molar-refractivity contribution in [3.05, 3.63) is 83.7 Å². The lowest BCUT2D eigenvalue weighted by Crippen LogP contribution is -2.41. The maximum absolute atomic E-state index is 12.4. The molecule has 9 heteroatoms. The summed E-state index contributed by atoms with van der Waals surface area (Å²) in [4.78, 5) is 39.6. The highest BCUT2D eigenvalue weighted by Gasteiger charge is 2.29. The van der Waals surface area contributed by atoms with E-state index in [1.165, 1.54) is 18.3 Å². The van der Waals surface area contributed by atoms with E-state index in [0.29, 0.717) is 5.69 Å². The third-order valence-electron chi connectivity index (χ3n) is 5.61. The molecule has 1 heterocycles. The number of nitrogens with one attached hydrogen (secondary N) is 2. The number of anilines is 1. The van der Waals surface area contributed by atoms with Gasteiger partial charge in [-0.25, -0.2) is 14.6 Å². The first kappa shape index (κ1) is 22.9. The van der Waals surface area contributed by atoms with Gasteiger partial charge in [-0.1, -0.05) is 48.5 Å². The molecule has 2 aromatic carbocycles. The summed E-state index contributed by atoms with van der Waals surface area (Å²) in [6.07, 6.45) is 0.496. The first-order valence-electron chi connectivity index (χ1n) is 10.7. The molecule has 34 heavy (non-hydrogen) atoms. The monoisotopic (exact) mass is 461 g/mol. The number of carbonyl (C=O) groups excluding carboxylic acids is 2. The molecule has 0 radical (unpaired) electrons. The summed E-state index contributed by atoms with van der Waals surface area (Å²) in [6.45, 7) is -0.219. The SMILES string of the molecule is O=C(Nc1ccc(C(=O)N[C@@H](CCO)C(=O)O)nc1)OCC1c2ccccc2-c2ccccc21. The molecule has 1 aromatic heterocycles. The van der Waals surface area contributed by atoms with Gasteiger partial charge in [0.25, 0.3) is 5.91 Å². The van der Waals surface area contributed by atoms with Crippen molar-refractivity contribution >= 4 is 23.7 Å². The molecule has 2 amide bonds. The average Bonchev–Trinajstić information content (AvgIpc) is 3.16. The molecular weight excluding hydrogens is 438 g/mol. The number of ether oxygens (including phenoxy) is 1. The van der Waals surface area contributed by atoms with Gasteiger partial charge in [0.05, 0.1) is 11.9 Å². The fraction of sp³-hybridized carbons (Fsp3) is 0.200. The van der Waals surface area contributed by atoms with Crippen molar-refractivity contribution in [3.63, 3.8) is 0 Å². The maximum atomic E-state index is 12.4. The zero-order chi connectivity index (χ0) is 24.1. The van der Waals surface area contributed by atoms with E-state index in [4.69, 9.17) is 14.9 Å². The number of hydrogen-bond acceptors (Lipinski definition) is 6. The minimum Gasteiger partial charge on any atom is -0.480 e. The van der Waals surface area contributed by atoms with Gasteiger partial charge in [0.1, 0.15) is 18.3 Å². The van der Waals surface area contributed by atoms with Crippen LogP contribution in [0, 0.1) is 0 Å². The molecule has 9 nitrogen and oxygen atoms in total. The van der Waals surface area contributed by atoms with E-state index in [2.05, 4.69) is 27.8 Å². The fourth-order valence-electron chi connectivity index (χ4n) is 3.97. The van der Waals surface area contributed by atoms with Crippen molar-refractivity contribution in [1.29, 1.82) is 0 Å². The van der Waals surface area contributed by atoms with Crippen LogP contribution in [0.2, 0.25) is 0 Å². The summed E-state index contributed by atoms with van der Waals surface area (Å²) >= 11 is 0. The van der Waals surface area contributed by atoms with Crippen LogP contribution < -0.4 is 10.6 Å². The fourth-order valence-corrected chi connectivity index (χ4v) is 3.97. The largest absolute Gasteiger partial charge is 0.480 e. The normalized spacial score (nSPS) is 12.9. The second-order valence-corrected chi connectivity index (χ2v) is 7.76. The first-order chi connectivity index (χ1) is 16.5. The topological polar surface area (TPSA) is 138 Å². The second-order valence-electron chi connectivity index (χ2n) is 7.76. The summed E-state index contributed by atoms with van der Waals surface area (Å²) in [7, 11) is 0. The number of fused-ring (bicyclic) bond motifs is 3. The highest BCUT2D eigenvalue weighted by atomic mass is 16.5. The van der Waals surface area contributed by atoms with Crippen molar-refractivity contribution in [3.8, 4) is 11.1 Å². The Labute approximate surface area is 195 Å². The number of nitrogens with zero attached hydrogens (tertiary/aromatic N) is 1. The molecule has 3 aromatic rings. The lowest BCUT2D eigenvalue weighted by molar-refractivity contribution is -0.139. The molecule has 1 aliphatic rings. The molecule has 0 fully saturated rings. The van der Waals surface area contributed by atoms with Crippen molar-refractivity contribution in [2.24, 2.45) is 0 Å².